The molecule has 3 rings (SSSR count). The first-order valence-electron chi connectivity index (χ1n) is 7.07. The fraction of sp³-hybridized carbons (Fsp3) is 0.158. The van der Waals surface area contributed by atoms with Crippen LogP contribution in [-0.2, 0) is 0 Å². The molecule has 3 aromatic rings. The van der Waals surface area contributed by atoms with Crippen molar-refractivity contribution in [3.63, 3.8) is 0 Å². The van der Waals surface area contributed by atoms with Crippen LogP contribution in [0.2, 0.25) is 0 Å². The molecular weight excluding hydrogens is 258 g/mol. The third-order valence-corrected chi connectivity index (χ3v) is 3.54. The molecule has 0 unspecified atom stereocenters. The molecule has 106 valence electrons. The molecular formula is C19H19NO. The number of hydrogen-bond acceptors (Lipinski definition) is 2. The summed E-state index contributed by atoms with van der Waals surface area (Å²) in [5.74, 6) is 0.882. The van der Waals surface area contributed by atoms with Crippen LogP contribution in [0.5, 0.6) is 0 Å². The number of hydrogen-bond donors (Lipinski definition) is 0. The van der Waals surface area contributed by atoms with Crippen molar-refractivity contribution in [2.75, 3.05) is 19.0 Å². The Bertz CT molecular complexity index is 779. The number of anilines is 1. The Kier molecular flexibility index (Phi) is 3.53. The molecule has 0 N–H and O–H groups in total. The average molecular weight is 277 g/mol. The third-order valence-electron chi connectivity index (χ3n) is 3.54. The van der Waals surface area contributed by atoms with E-state index in [9.17, 15) is 0 Å². The minimum Gasteiger partial charge on any atom is -0.457 e. The van der Waals surface area contributed by atoms with E-state index in [1.54, 1.807) is 0 Å². The van der Waals surface area contributed by atoms with Crippen molar-refractivity contribution in [3.8, 4) is 0 Å². The molecule has 0 saturated heterocycles. The minimum absolute atomic E-state index is 0.882. The van der Waals surface area contributed by atoms with Gasteiger partial charge in [-0.05, 0) is 48.9 Å². The number of furan rings is 1. The molecule has 0 fully saturated rings. The summed E-state index contributed by atoms with van der Waals surface area (Å²) in [5.41, 5.74) is 4.55. The monoisotopic (exact) mass is 277 g/mol. The van der Waals surface area contributed by atoms with Gasteiger partial charge in [-0.1, -0.05) is 29.8 Å². The summed E-state index contributed by atoms with van der Waals surface area (Å²) in [4.78, 5) is 2.09. The predicted molar refractivity (Wildman–Crippen MR) is 90.6 cm³/mol. The zero-order valence-corrected chi connectivity index (χ0v) is 12.6. The molecule has 0 spiro atoms. The first kappa shape index (κ1) is 13.5. The van der Waals surface area contributed by atoms with Crippen molar-refractivity contribution in [3.05, 3.63) is 65.4 Å². The van der Waals surface area contributed by atoms with Gasteiger partial charge in [0.1, 0.15) is 11.3 Å². The number of aryl methyl sites for hydroxylation is 1. The van der Waals surface area contributed by atoms with E-state index in [0.717, 1.165) is 22.3 Å². The van der Waals surface area contributed by atoms with Gasteiger partial charge in [0.2, 0.25) is 0 Å². The summed E-state index contributed by atoms with van der Waals surface area (Å²) in [5, 5.41) is 1.15. The maximum absolute atomic E-state index is 5.81. The van der Waals surface area contributed by atoms with Crippen molar-refractivity contribution in [1.82, 2.24) is 0 Å². The standard InChI is InChI=1S/C19H19NO/c1-14-4-11-19-16(12-14)13-18(21-19)10-7-15-5-8-17(9-6-15)20(2)3/h4-13H,1-3H3. The largest absolute Gasteiger partial charge is 0.457 e. The molecule has 0 saturated carbocycles. The van der Waals surface area contributed by atoms with Crippen molar-refractivity contribution < 1.29 is 4.42 Å². The van der Waals surface area contributed by atoms with Crippen molar-refractivity contribution >= 4 is 28.8 Å². The molecule has 1 heterocycles. The highest BCUT2D eigenvalue weighted by molar-refractivity contribution is 5.82. The number of nitrogens with zero attached hydrogens (tertiary/aromatic N) is 1. The lowest BCUT2D eigenvalue weighted by molar-refractivity contribution is 0.604. The smallest absolute Gasteiger partial charge is 0.134 e. The normalized spacial score (nSPS) is 11.4. The van der Waals surface area contributed by atoms with E-state index in [-0.39, 0.29) is 0 Å². The predicted octanol–water partition coefficient (Wildman–Crippen LogP) is 4.98. The van der Waals surface area contributed by atoms with Crippen LogP contribution in [-0.4, -0.2) is 14.1 Å². The molecule has 2 nitrogen and oxygen atoms in total. The van der Waals surface area contributed by atoms with Crippen molar-refractivity contribution in [2.45, 2.75) is 6.92 Å². The molecule has 0 amide bonds. The van der Waals surface area contributed by atoms with Gasteiger partial charge in [-0.15, -0.1) is 0 Å². The first-order valence-corrected chi connectivity index (χ1v) is 7.07. The third kappa shape index (κ3) is 3.00. The molecule has 0 aliphatic carbocycles. The SMILES string of the molecule is Cc1ccc2oc(C=Cc3ccc(N(C)C)cc3)cc2c1. The van der Waals surface area contributed by atoms with Crippen LogP contribution in [0.3, 0.4) is 0 Å². The average Bonchev–Trinajstić information content (AvgIpc) is 2.87. The molecule has 0 atom stereocenters. The lowest BCUT2D eigenvalue weighted by atomic mass is 10.1. The van der Waals surface area contributed by atoms with Crippen LogP contribution in [0.1, 0.15) is 16.9 Å². The Morgan fingerprint density at radius 1 is 0.905 bits per heavy atom. The van der Waals surface area contributed by atoms with Gasteiger partial charge in [-0.2, -0.15) is 0 Å². The van der Waals surface area contributed by atoms with Gasteiger partial charge in [-0.25, -0.2) is 0 Å². The molecule has 2 aromatic carbocycles. The van der Waals surface area contributed by atoms with Crippen LogP contribution >= 0.6 is 0 Å². The van der Waals surface area contributed by atoms with Crippen LogP contribution in [0.15, 0.2) is 52.9 Å². The van der Waals surface area contributed by atoms with E-state index < -0.39 is 0 Å². The second-order valence-electron chi connectivity index (χ2n) is 5.51. The lowest BCUT2D eigenvalue weighted by Gasteiger charge is -2.11. The molecule has 0 aliphatic rings. The Morgan fingerprint density at radius 3 is 2.38 bits per heavy atom. The molecule has 0 aliphatic heterocycles. The highest BCUT2D eigenvalue weighted by Gasteiger charge is 2.01. The zero-order chi connectivity index (χ0) is 14.8. The van der Waals surface area contributed by atoms with Gasteiger partial charge >= 0.3 is 0 Å². The van der Waals surface area contributed by atoms with Gasteiger partial charge in [0.15, 0.2) is 0 Å². The highest BCUT2D eigenvalue weighted by Crippen LogP contribution is 2.22. The van der Waals surface area contributed by atoms with Gasteiger partial charge in [0, 0.05) is 25.2 Å². The van der Waals surface area contributed by atoms with E-state index in [1.807, 2.05) is 26.2 Å². The summed E-state index contributed by atoms with van der Waals surface area (Å²) in [6, 6.07) is 16.8. The maximum Gasteiger partial charge on any atom is 0.134 e. The van der Waals surface area contributed by atoms with E-state index in [1.165, 1.54) is 11.3 Å². The summed E-state index contributed by atoms with van der Waals surface area (Å²) in [6.07, 6.45) is 4.09. The van der Waals surface area contributed by atoms with Crippen LogP contribution < -0.4 is 4.90 Å². The number of rotatable bonds is 3. The molecule has 0 bridgehead atoms. The minimum atomic E-state index is 0.882. The summed E-state index contributed by atoms with van der Waals surface area (Å²) >= 11 is 0. The summed E-state index contributed by atoms with van der Waals surface area (Å²) in [6.45, 7) is 2.09. The molecule has 0 radical (unpaired) electrons. The van der Waals surface area contributed by atoms with Gasteiger partial charge < -0.3 is 9.32 Å². The Morgan fingerprint density at radius 2 is 1.67 bits per heavy atom. The van der Waals surface area contributed by atoms with E-state index >= 15 is 0 Å². The summed E-state index contributed by atoms with van der Waals surface area (Å²) in [7, 11) is 4.09. The lowest BCUT2D eigenvalue weighted by Crippen LogP contribution is -2.07. The van der Waals surface area contributed by atoms with E-state index in [2.05, 4.69) is 60.4 Å². The Labute approximate surface area is 125 Å². The Hall–Kier alpha value is -2.48. The van der Waals surface area contributed by atoms with Crippen molar-refractivity contribution in [1.29, 1.82) is 0 Å². The maximum atomic E-state index is 5.81. The van der Waals surface area contributed by atoms with Gasteiger partial charge in [0.05, 0.1) is 0 Å². The molecule has 1 aromatic heterocycles. The van der Waals surface area contributed by atoms with Crippen LogP contribution in [0, 0.1) is 6.92 Å². The number of fused-ring (bicyclic) bond motifs is 1. The fourth-order valence-corrected chi connectivity index (χ4v) is 2.33. The second-order valence-corrected chi connectivity index (χ2v) is 5.51. The first-order chi connectivity index (χ1) is 10.1. The second kappa shape index (κ2) is 5.49. The van der Waals surface area contributed by atoms with E-state index in [0.29, 0.717) is 0 Å². The Balaban J connectivity index is 1.83. The van der Waals surface area contributed by atoms with Crippen molar-refractivity contribution in [2.24, 2.45) is 0 Å². The molecule has 2 heteroatoms. The number of benzene rings is 2. The summed E-state index contributed by atoms with van der Waals surface area (Å²) < 4.78 is 5.81. The fourth-order valence-electron chi connectivity index (χ4n) is 2.33. The highest BCUT2D eigenvalue weighted by atomic mass is 16.3. The molecule has 21 heavy (non-hydrogen) atoms. The van der Waals surface area contributed by atoms with Gasteiger partial charge in [0.25, 0.3) is 0 Å². The zero-order valence-electron chi connectivity index (χ0n) is 12.6. The quantitative estimate of drug-likeness (QED) is 0.671. The van der Waals surface area contributed by atoms with Crippen LogP contribution in [0.25, 0.3) is 23.1 Å². The van der Waals surface area contributed by atoms with Crippen LogP contribution in [0.4, 0.5) is 5.69 Å². The topological polar surface area (TPSA) is 16.4 Å². The van der Waals surface area contributed by atoms with Gasteiger partial charge in [-0.3, -0.25) is 0 Å². The van der Waals surface area contributed by atoms with E-state index in [4.69, 9.17) is 4.42 Å².